The molecule has 0 aromatic carbocycles. The van der Waals surface area contributed by atoms with Crippen LogP contribution in [0.5, 0.6) is 0 Å². The van der Waals surface area contributed by atoms with E-state index >= 15 is 0 Å². The molecule has 0 fully saturated rings. The van der Waals surface area contributed by atoms with Crippen molar-refractivity contribution in [2.75, 3.05) is 6.67 Å². The van der Waals surface area contributed by atoms with Gasteiger partial charge in [-0.25, -0.2) is 0 Å². The molecule has 1 amide bonds. The Bertz CT molecular complexity index is 84.1. The van der Waals surface area contributed by atoms with Gasteiger partial charge in [-0.2, -0.15) is 0 Å². The van der Waals surface area contributed by atoms with Gasteiger partial charge in [0.1, 0.15) is 0 Å². The Hall–Kier alpha value is -0.540. The molecule has 4 heteroatoms. The highest BCUT2D eigenvalue weighted by atomic mass is 35.5. The first-order valence-corrected chi connectivity index (χ1v) is 1.91. The van der Waals surface area contributed by atoms with Crippen molar-refractivity contribution in [3.05, 3.63) is 12.7 Å². The Kier molecular flexibility index (Phi) is 8.43. The van der Waals surface area contributed by atoms with Gasteiger partial charge in [0.15, 0.2) is 0 Å². The Morgan fingerprint density at radius 2 is 2.38 bits per heavy atom. The van der Waals surface area contributed by atoms with Crippen LogP contribution in [-0.2, 0) is 4.79 Å². The quantitative estimate of drug-likeness (QED) is 0.402. The van der Waals surface area contributed by atoms with Crippen LogP contribution in [0.3, 0.4) is 0 Å². The summed E-state index contributed by atoms with van der Waals surface area (Å²) in [5, 5.41) is 2.32. The molecule has 0 saturated carbocycles. The molecule has 8 heavy (non-hydrogen) atoms. The molecule has 0 atom stereocenters. The second-order valence-corrected chi connectivity index (χ2v) is 0.949. The van der Waals surface area contributed by atoms with E-state index in [0.717, 1.165) is 0 Å². The predicted molar refractivity (Wildman–Crippen MR) is 34.6 cm³/mol. The van der Waals surface area contributed by atoms with Crippen molar-refractivity contribution in [2.45, 2.75) is 0 Å². The number of nitrogens with two attached hydrogens (primary N) is 1. The second-order valence-electron chi connectivity index (χ2n) is 0.949. The van der Waals surface area contributed by atoms with E-state index in [1.807, 2.05) is 0 Å². The fraction of sp³-hybridized carbons (Fsp3) is 0.250. The Morgan fingerprint density at radius 3 is 2.50 bits per heavy atom. The minimum Gasteiger partial charge on any atom is -0.340 e. The number of amides is 1. The molecule has 0 bridgehead atoms. The zero-order valence-corrected chi connectivity index (χ0v) is 5.20. The molecule has 0 radical (unpaired) electrons. The topological polar surface area (TPSA) is 55.1 Å². The van der Waals surface area contributed by atoms with Crippen molar-refractivity contribution in [3.63, 3.8) is 0 Å². The summed E-state index contributed by atoms with van der Waals surface area (Å²) in [5.41, 5.74) is 4.93. The normalized spacial score (nSPS) is 6.62. The zero-order chi connectivity index (χ0) is 5.70. The molecule has 3 nitrogen and oxygen atoms in total. The maximum atomic E-state index is 10.1. The van der Waals surface area contributed by atoms with Crippen LogP contribution in [0, 0.1) is 0 Å². The summed E-state index contributed by atoms with van der Waals surface area (Å²) in [6, 6.07) is 0. The Labute approximate surface area is 54.3 Å². The minimum atomic E-state index is -0.234. The van der Waals surface area contributed by atoms with Crippen molar-refractivity contribution in [3.8, 4) is 0 Å². The van der Waals surface area contributed by atoms with Gasteiger partial charge >= 0.3 is 0 Å². The lowest BCUT2D eigenvalue weighted by molar-refractivity contribution is -0.116. The lowest BCUT2D eigenvalue weighted by Gasteiger charge is -1.90. The molecule has 0 rings (SSSR count). The van der Waals surface area contributed by atoms with Crippen LogP contribution in [-0.4, -0.2) is 12.6 Å². The van der Waals surface area contributed by atoms with Crippen LogP contribution in [0.1, 0.15) is 0 Å². The molecule has 0 aromatic rings. The molecule has 0 heterocycles. The van der Waals surface area contributed by atoms with Gasteiger partial charge in [-0.3, -0.25) is 4.79 Å². The first kappa shape index (κ1) is 10.4. The predicted octanol–water partition coefficient (Wildman–Crippen LogP) is -0.373. The van der Waals surface area contributed by atoms with E-state index in [-0.39, 0.29) is 25.0 Å². The average molecular weight is 137 g/mol. The third-order valence-electron chi connectivity index (χ3n) is 0.462. The van der Waals surface area contributed by atoms with Crippen LogP contribution in [0.2, 0.25) is 0 Å². The van der Waals surface area contributed by atoms with E-state index in [1.54, 1.807) is 0 Å². The van der Waals surface area contributed by atoms with E-state index in [2.05, 4.69) is 11.9 Å². The summed E-state index contributed by atoms with van der Waals surface area (Å²) < 4.78 is 0. The SMILES string of the molecule is C=CC(=O)NCN.Cl. The standard InChI is InChI=1S/C4H8N2O.ClH/c1-2-4(7)6-3-5;/h2H,1,3,5H2,(H,6,7);1H. The molecule has 0 aliphatic heterocycles. The summed E-state index contributed by atoms with van der Waals surface area (Å²) >= 11 is 0. The Balaban J connectivity index is 0. The van der Waals surface area contributed by atoms with Gasteiger partial charge in [-0.05, 0) is 6.08 Å². The first-order valence-electron chi connectivity index (χ1n) is 1.91. The number of rotatable bonds is 2. The number of carbonyl (C=O) groups excluding carboxylic acids is 1. The zero-order valence-electron chi connectivity index (χ0n) is 4.39. The Morgan fingerprint density at radius 1 is 1.88 bits per heavy atom. The van der Waals surface area contributed by atoms with Gasteiger partial charge in [-0.15, -0.1) is 12.4 Å². The van der Waals surface area contributed by atoms with Gasteiger partial charge in [-0.1, -0.05) is 6.58 Å². The maximum absolute atomic E-state index is 10.1. The fourth-order valence-corrected chi connectivity index (χ4v) is 0.173. The van der Waals surface area contributed by atoms with Gasteiger partial charge in [0.2, 0.25) is 5.91 Å². The lowest BCUT2D eigenvalue weighted by Crippen LogP contribution is -2.27. The monoisotopic (exact) mass is 136 g/mol. The smallest absolute Gasteiger partial charge is 0.244 e. The number of hydrogen-bond acceptors (Lipinski definition) is 2. The van der Waals surface area contributed by atoms with Crippen molar-refractivity contribution in [2.24, 2.45) is 5.73 Å². The van der Waals surface area contributed by atoms with Crippen molar-refractivity contribution < 1.29 is 4.79 Å². The second kappa shape index (κ2) is 6.46. The number of hydrogen-bond donors (Lipinski definition) is 2. The van der Waals surface area contributed by atoms with E-state index in [9.17, 15) is 4.79 Å². The lowest BCUT2D eigenvalue weighted by atomic mass is 10.6. The first-order chi connectivity index (χ1) is 3.31. The molecule has 0 aromatic heterocycles. The highest BCUT2D eigenvalue weighted by molar-refractivity contribution is 5.86. The molecular formula is C4H9ClN2O. The summed E-state index contributed by atoms with van der Waals surface area (Å²) in [4.78, 5) is 10.1. The van der Waals surface area contributed by atoms with Gasteiger partial charge < -0.3 is 11.1 Å². The number of nitrogens with one attached hydrogen (secondary N) is 1. The fourth-order valence-electron chi connectivity index (χ4n) is 0.173. The molecule has 0 aliphatic rings. The highest BCUT2D eigenvalue weighted by Gasteiger charge is 1.83. The van der Waals surface area contributed by atoms with Crippen LogP contribution < -0.4 is 11.1 Å². The van der Waals surface area contributed by atoms with E-state index in [1.165, 1.54) is 6.08 Å². The highest BCUT2D eigenvalue weighted by Crippen LogP contribution is 1.58. The summed E-state index contributed by atoms with van der Waals surface area (Å²) in [6.45, 7) is 3.38. The van der Waals surface area contributed by atoms with Crippen molar-refractivity contribution >= 4 is 18.3 Å². The minimum absolute atomic E-state index is 0. The molecule has 0 unspecified atom stereocenters. The molecule has 0 saturated heterocycles. The maximum Gasteiger partial charge on any atom is 0.244 e. The van der Waals surface area contributed by atoms with Gasteiger partial charge in [0, 0.05) is 0 Å². The van der Waals surface area contributed by atoms with E-state index < -0.39 is 0 Å². The van der Waals surface area contributed by atoms with Gasteiger partial charge in [0.05, 0.1) is 6.67 Å². The van der Waals surface area contributed by atoms with E-state index in [4.69, 9.17) is 5.73 Å². The van der Waals surface area contributed by atoms with Crippen LogP contribution in [0.4, 0.5) is 0 Å². The molecule has 0 aliphatic carbocycles. The van der Waals surface area contributed by atoms with Crippen LogP contribution >= 0.6 is 12.4 Å². The summed E-state index contributed by atoms with van der Waals surface area (Å²) in [5.74, 6) is -0.234. The number of carbonyl (C=O) groups is 1. The van der Waals surface area contributed by atoms with Crippen LogP contribution in [0.15, 0.2) is 12.7 Å². The molecule has 3 N–H and O–H groups in total. The van der Waals surface area contributed by atoms with Gasteiger partial charge in [0.25, 0.3) is 0 Å². The van der Waals surface area contributed by atoms with Crippen molar-refractivity contribution in [1.82, 2.24) is 5.32 Å². The number of halogens is 1. The third kappa shape index (κ3) is 5.46. The molecule has 48 valence electrons. The summed E-state index contributed by atoms with van der Waals surface area (Å²) in [7, 11) is 0. The average Bonchev–Trinajstić information content (AvgIpc) is 1.68. The van der Waals surface area contributed by atoms with Crippen molar-refractivity contribution in [1.29, 1.82) is 0 Å². The van der Waals surface area contributed by atoms with E-state index in [0.29, 0.717) is 0 Å². The third-order valence-corrected chi connectivity index (χ3v) is 0.462. The molecule has 0 spiro atoms. The summed E-state index contributed by atoms with van der Waals surface area (Å²) in [6.07, 6.45) is 1.17. The molecular weight excluding hydrogens is 128 g/mol. The van der Waals surface area contributed by atoms with Crippen LogP contribution in [0.25, 0.3) is 0 Å². The largest absolute Gasteiger partial charge is 0.340 e.